The number of phosphoric ester groups is 1. The lowest BCUT2D eigenvalue weighted by Crippen LogP contribution is -1.89. The molecule has 2 N–H and O–H groups in total. The van der Waals surface area contributed by atoms with Gasteiger partial charge in [-0.25, -0.2) is 4.57 Å². The Hall–Kier alpha value is -0.0900. The quantitative estimate of drug-likeness (QED) is 0.818. The van der Waals surface area contributed by atoms with Gasteiger partial charge >= 0.3 is 7.82 Å². The fraction of sp³-hybridized carbons (Fsp3) is 0.143. The van der Waals surface area contributed by atoms with E-state index in [1.807, 2.05) is 6.07 Å². The summed E-state index contributed by atoms with van der Waals surface area (Å²) in [5.74, 6) is 0. The van der Waals surface area contributed by atoms with Crippen molar-refractivity contribution in [2.75, 3.05) is 0 Å². The molecule has 4 nitrogen and oxygen atoms in total. The van der Waals surface area contributed by atoms with Crippen LogP contribution in [-0.2, 0) is 15.7 Å². The lowest BCUT2D eigenvalue weighted by atomic mass is 10.2. The smallest absolute Gasteiger partial charge is 0.303 e. The number of phosphoric acid groups is 1. The van der Waals surface area contributed by atoms with Crippen molar-refractivity contribution in [2.24, 2.45) is 0 Å². The Morgan fingerprint density at radius 2 is 1.64 bits per heavy atom. The minimum Gasteiger partial charge on any atom is -0.303 e. The third-order valence-electron chi connectivity index (χ3n) is 1.24. The average molecular weight is 261 g/mol. The number of benzene rings is 1. The molecular weight excluding hydrogens is 250 g/mol. The highest BCUT2D eigenvalue weighted by atomic mass is 35.5. The van der Waals surface area contributed by atoms with Gasteiger partial charge in [0.05, 0.1) is 6.61 Å². The van der Waals surface area contributed by atoms with Crippen molar-refractivity contribution in [3.8, 4) is 0 Å². The van der Waals surface area contributed by atoms with Crippen LogP contribution < -0.4 is 0 Å². The van der Waals surface area contributed by atoms with Crippen LogP contribution in [0.2, 0.25) is 0 Å². The van der Waals surface area contributed by atoms with E-state index >= 15 is 0 Å². The first kappa shape index (κ1) is 16.3. The van der Waals surface area contributed by atoms with E-state index in [9.17, 15) is 4.57 Å². The molecule has 0 bridgehead atoms. The van der Waals surface area contributed by atoms with Gasteiger partial charge in [0.2, 0.25) is 0 Å². The SMILES string of the molecule is Cl.Cl.O=P(O)(O)OCc1ccccc1. The van der Waals surface area contributed by atoms with Crippen LogP contribution in [0.1, 0.15) is 5.56 Å². The van der Waals surface area contributed by atoms with Crippen LogP contribution in [0.15, 0.2) is 30.3 Å². The molecule has 82 valence electrons. The van der Waals surface area contributed by atoms with Gasteiger partial charge in [-0.2, -0.15) is 0 Å². The molecule has 1 aromatic carbocycles. The van der Waals surface area contributed by atoms with E-state index in [1.165, 1.54) is 0 Å². The maximum atomic E-state index is 10.3. The van der Waals surface area contributed by atoms with E-state index in [0.29, 0.717) is 0 Å². The summed E-state index contributed by atoms with van der Waals surface area (Å²) >= 11 is 0. The van der Waals surface area contributed by atoms with E-state index in [0.717, 1.165) is 5.56 Å². The zero-order valence-corrected chi connectivity index (χ0v) is 9.60. The highest BCUT2D eigenvalue weighted by molar-refractivity contribution is 7.46. The highest BCUT2D eigenvalue weighted by Crippen LogP contribution is 2.36. The molecule has 0 atom stereocenters. The molecular formula is C7H11Cl2O4P. The van der Waals surface area contributed by atoms with Crippen LogP contribution >= 0.6 is 32.6 Å². The van der Waals surface area contributed by atoms with Crippen molar-refractivity contribution in [1.82, 2.24) is 0 Å². The van der Waals surface area contributed by atoms with Crippen LogP contribution in [0.25, 0.3) is 0 Å². The lowest BCUT2D eigenvalue weighted by Gasteiger charge is -2.03. The molecule has 7 heteroatoms. The predicted octanol–water partition coefficient (Wildman–Crippen LogP) is 2.14. The summed E-state index contributed by atoms with van der Waals surface area (Å²) in [4.78, 5) is 16.7. The van der Waals surface area contributed by atoms with Gasteiger partial charge in [0.25, 0.3) is 0 Å². The summed E-state index contributed by atoms with van der Waals surface area (Å²) in [7, 11) is -4.33. The van der Waals surface area contributed by atoms with Gasteiger partial charge in [0.15, 0.2) is 0 Å². The van der Waals surface area contributed by atoms with Crippen LogP contribution in [-0.4, -0.2) is 9.79 Å². The number of halogens is 2. The van der Waals surface area contributed by atoms with Gasteiger partial charge in [-0.15, -0.1) is 24.8 Å². The van der Waals surface area contributed by atoms with Gasteiger partial charge < -0.3 is 9.79 Å². The van der Waals surface area contributed by atoms with Crippen molar-refractivity contribution in [3.63, 3.8) is 0 Å². The molecule has 0 aliphatic carbocycles. The van der Waals surface area contributed by atoms with Crippen molar-refractivity contribution < 1.29 is 18.9 Å². The molecule has 0 fully saturated rings. The first-order valence-electron chi connectivity index (χ1n) is 3.32. The zero-order chi connectivity index (χ0) is 9.03. The Labute approximate surface area is 94.4 Å². The second kappa shape index (κ2) is 7.23. The standard InChI is InChI=1S/C7H9O4P.2ClH/c8-12(9,10)11-6-7-4-2-1-3-5-7;;/h1-5H,6H2,(H2,8,9,10);2*1H. The van der Waals surface area contributed by atoms with Crippen LogP contribution in [0.3, 0.4) is 0 Å². The molecule has 0 saturated heterocycles. The molecule has 1 rings (SSSR count). The topological polar surface area (TPSA) is 66.8 Å². The zero-order valence-electron chi connectivity index (χ0n) is 7.07. The third-order valence-corrected chi connectivity index (χ3v) is 1.71. The normalized spacial score (nSPS) is 9.86. The maximum Gasteiger partial charge on any atom is 0.469 e. The van der Waals surface area contributed by atoms with Crippen molar-refractivity contribution >= 4 is 32.6 Å². The largest absolute Gasteiger partial charge is 0.469 e. The number of hydrogen-bond acceptors (Lipinski definition) is 2. The Bertz CT molecular complexity index is 287. The molecule has 0 heterocycles. The third kappa shape index (κ3) is 7.33. The fourth-order valence-corrected chi connectivity index (χ4v) is 1.05. The van der Waals surface area contributed by atoms with E-state index in [2.05, 4.69) is 4.52 Å². The van der Waals surface area contributed by atoms with Crippen LogP contribution in [0.4, 0.5) is 0 Å². The predicted molar refractivity (Wildman–Crippen MR) is 57.8 cm³/mol. The van der Waals surface area contributed by atoms with E-state index in [-0.39, 0.29) is 31.4 Å². The molecule has 0 spiro atoms. The molecule has 0 saturated carbocycles. The van der Waals surface area contributed by atoms with Gasteiger partial charge in [-0.1, -0.05) is 30.3 Å². The fourth-order valence-electron chi connectivity index (χ4n) is 0.733. The molecule has 0 aliphatic heterocycles. The molecule has 14 heavy (non-hydrogen) atoms. The highest BCUT2D eigenvalue weighted by Gasteiger charge is 2.12. The number of hydrogen-bond donors (Lipinski definition) is 2. The van der Waals surface area contributed by atoms with Crippen LogP contribution in [0, 0.1) is 0 Å². The minimum atomic E-state index is -4.33. The van der Waals surface area contributed by atoms with Gasteiger partial charge in [-0.05, 0) is 5.56 Å². The first-order valence-corrected chi connectivity index (χ1v) is 4.85. The molecule has 0 unspecified atom stereocenters. The average Bonchev–Trinajstić information content (AvgIpc) is 2.02. The molecule has 0 amide bonds. The van der Waals surface area contributed by atoms with E-state index in [1.54, 1.807) is 24.3 Å². The second-order valence-corrected chi connectivity index (χ2v) is 3.49. The lowest BCUT2D eigenvalue weighted by molar-refractivity contribution is 0.189. The summed E-state index contributed by atoms with van der Waals surface area (Å²) in [5.41, 5.74) is 0.737. The monoisotopic (exact) mass is 260 g/mol. The van der Waals surface area contributed by atoms with E-state index < -0.39 is 7.82 Å². The van der Waals surface area contributed by atoms with Gasteiger partial charge in [-0.3, -0.25) is 4.52 Å². The molecule has 0 aliphatic rings. The molecule has 0 aromatic heterocycles. The summed E-state index contributed by atoms with van der Waals surface area (Å²) < 4.78 is 14.6. The first-order chi connectivity index (χ1) is 5.58. The summed E-state index contributed by atoms with van der Waals surface area (Å²) in [6.07, 6.45) is 0. The Morgan fingerprint density at radius 3 is 2.07 bits per heavy atom. The van der Waals surface area contributed by atoms with Crippen molar-refractivity contribution in [1.29, 1.82) is 0 Å². The van der Waals surface area contributed by atoms with Crippen LogP contribution in [0.5, 0.6) is 0 Å². The van der Waals surface area contributed by atoms with Crippen molar-refractivity contribution in [2.45, 2.75) is 6.61 Å². The Kier molecular flexibility index (Phi) is 8.45. The molecule has 0 radical (unpaired) electrons. The summed E-state index contributed by atoms with van der Waals surface area (Å²) in [6, 6.07) is 8.84. The van der Waals surface area contributed by atoms with Crippen molar-refractivity contribution in [3.05, 3.63) is 35.9 Å². The maximum absolute atomic E-state index is 10.3. The summed E-state index contributed by atoms with van der Waals surface area (Å²) in [6.45, 7) is -0.0644. The summed E-state index contributed by atoms with van der Waals surface area (Å²) in [5, 5.41) is 0. The van der Waals surface area contributed by atoms with E-state index in [4.69, 9.17) is 9.79 Å². The second-order valence-electron chi connectivity index (χ2n) is 2.25. The van der Waals surface area contributed by atoms with Gasteiger partial charge in [0.1, 0.15) is 0 Å². The minimum absolute atomic E-state index is 0. The number of rotatable bonds is 3. The Morgan fingerprint density at radius 1 is 1.14 bits per heavy atom. The van der Waals surface area contributed by atoms with Gasteiger partial charge in [0, 0.05) is 0 Å². The Balaban J connectivity index is 0. The molecule has 1 aromatic rings.